The van der Waals surface area contributed by atoms with Crippen LogP contribution in [0, 0.1) is 0 Å². The molecule has 1 fully saturated rings. The monoisotopic (exact) mass is 470 g/mol. The van der Waals surface area contributed by atoms with Crippen LogP contribution < -0.4 is 0 Å². The Morgan fingerprint density at radius 3 is 1.53 bits per heavy atom. The molecule has 1 aliphatic rings. The summed E-state index contributed by atoms with van der Waals surface area (Å²) in [4.78, 5) is 0. The van der Waals surface area contributed by atoms with Crippen molar-refractivity contribution in [3.05, 3.63) is 0 Å². The van der Waals surface area contributed by atoms with E-state index in [1.165, 1.54) is 0 Å². The van der Waals surface area contributed by atoms with Crippen LogP contribution in [-0.2, 0) is 52.1 Å². The fourth-order valence-electron chi connectivity index (χ4n) is 4.04. The summed E-state index contributed by atoms with van der Waals surface area (Å²) in [6.45, 7) is 0.824. The van der Waals surface area contributed by atoms with Crippen molar-refractivity contribution in [1.29, 1.82) is 0 Å². The fourth-order valence-corrected chi connectivity index (χ4v) is 4.04. The van der Waals surface area contributed by atoms with Gasteiger partial charge in [0, 0.05) is 64.0 Å². The Hall–Kier alpha value is -0.440. The summed E-state index contributed by atoms with van der Waals surface area (Å²) in [5.74, 6) is 0. The van der Waals surface area contributed by atoms with Crippen molar-refractivity contribution in [2.75, 3.05) is 83.8 Å². The maximum Gasteiger partial charge on any atom is 0.187 e. The van der Waals surface area contributed by atoms with Crippen LogP contribution in [0.2, 0.25) is 0 Å². The normalized spacial score (nSPS) is 30.1. The van der Waals surface area contributed by atoms with Crippen LogP contribution >= 0.6 is 0 Å². The van der Waals surface area contributed by atoms with E-state index in [-0.39, 0.29) is 19.8 Å². The quantitative estimate of drug-likeness (QED) is 0.290. The topological polar surface area (TPSA) is 102 Å². The molecular formula is C21H42O11. The molecule has 1 saturated heterocycles. The second-order valence-corrected chi connectivity index (χ2v) is 7.36. The molecule has 0 spiro atoms. The molecule has 11 heteroatoms. The Labute approximate surface area is 191 Å². The third-order valence-electron chi connectivity index (χ3n) is 5.63. The van der Waals surface area contributed by atoms with E-state index in [1.807, 2.05) is 0 Å². The zero-order valence-corrected chi connectivity index (χ0v) is 20.8. The van der Waals surface area contributed by atoms with Gasteiger partial charge in [0.05, 0.1) is 19.8 Å². The van der Waals surface area contributed by atoms with Crippen molar-refractivity contribution >= 4 is 0 Å². The van der Waals surface area contributed by atoms with Gasteiger partial charge in [0.25, 0.3) is 0 Å². The Kier molecular flexibility index (Phi) is 15.0. The average Bonchev–Trinajstić information content (AvgIpc) is 2.81. The molecular weight excluding hydrogens is 428 g/mol. The van der Waals surface area contributed by atoms with E-state index in [0.717, 1.165) is 0 Å². The molecule has 9 atom stereocenters. The van der Waals surface area contributed by atoms with Crippen LogP contribution in [0.25, 0.3) is 0 Å². The number of ether oxygens (including phenoxy) is 11. The van der Waals surface area contributed by atoms with Crippen LogP contribution in [0.1, 0.15) is 0 Å². The lowest BCUT2D eigenvalue weighted by Gasteiger charge is -2.46. The molecule has 192 valence electrons. The van der Waals surface area contributed by atoms with Gasteiger partial charge in [-0.3, -0.25) is 0 Å². The summed E-state index contributed by atoms with van der Waals surface area (Å²) in [5, 5.41) is 0. The molecule has 1 aliphatic heterocycles. The molecule has 0 aliphatic carbocycles. The smallest absolute Gasteiger partial charge is 0.187 e. The number of methoxy groups -OCH3 is 9. The molecule has 0 radical (unpaired) electrons. The van der Waals surface area contributed by atoms with Gasteiger partial charge in [-0.15, -0.1) is 0 Å². The van der Waals surface area contributed by atoms with Crippen molar-refractivity contribution < 1.29 is 52.1 Å². The molecule has 0 aromatic rings. The van der Waals surface area contributed by atoms with Crippen LogP contribution in [-0.4, -0.2) is 139 Å². The van der Waals surface area contributed by atoms with Crippen molar-refractivity contribution in [2.45, 2.75) is 55.1 Å². The van der Waals surface area contributed by atoms with E-state index < -0.39 is 55.1 Å². The minimum absolute atomic E-state index is 0.255. The Bertz CT molecular complexity index is 469. The minimum atomic E-state index is -0.839. The van der Waals surface area contributed by atoms with Crippen molar-refractivity contribution in [2.24, 2.45) is 0 Å². The van der Waals surface area contributed by atoms with Gasteiger partial charge in [0.15, 0.2) is 6.29 Å². The van der Waals surface area contributed by atoms with Crippen LogP contribution in [0.5, 0.6) is 0 Å². The molecule has 0 saturated carbocycles. The van der Waals surface area contributed by atoms with Gasteiger partial charge in [-0.25, -0.2) is 0 Å². The summed E-state index contributed by atoms with van der Waals surface area (Å²) >= 11 is 0. The van der Waals surface area contributed by atoms with Gasteiger partial charge < -0.3 is 52.1 Å². The van der Waals surface area contributed by atoms with E-state index >= 15 is 0 Å². The summed E-state index contributed by atoms with van der Waals surface area (Å²) < 4.78 is 62.9. The molecule has 0 aromatic heterocycles. The molecule has 0 amide bonds. The summed E-state index contributed by atoms with van der Waals surface area (Å²) in [5.41, 5.74) is 0. The lowest BCUT2D eigenvalue weighted by atomic mass is 9.97. The molecule has 0 bridgehead atoms. The number of hydrogen-bond donors (Lipinski definition) is 0. The first-order chi connectivity index (χ1) is 15.5. The highest BCUT2D eigenvalue weighted by atomic mass is 16.7. The maximum atomic E-state index is 6.48. The standard InChI is InChI=1S/C21H42O11/c1-22-10-13(25-4)16(27-6)18(14(26-5)11-23-2)32-21-20(30-9)19(29-8)17(28-7)15(31-21)12-24-3/h13-21H,10-12H2,1-9H3/t13-,14+,15+,16+,17-,18-,19-,20+,21+/m0/s1. The van der Waals surface area contributed by atoms with Crippen molar-refractivity contribution in [3.63, 3.8) is 0 Å². The van der Waals surface area contributed by atoms with Gasteiger partial charge in [-0.2, -0.15) is 0 Å². The second kappa shape index (κ2) is 16.2. The highest BCUT2D eigenvalue weighted by Crippen LogP contribution is 2.31. The van der Waals surface area contributed by atoms with Gasteiger partial charge in [0.1, 0.15) is 48.8 Å². The average molecular weight is 471 g/mol. The van der Waals surface area contributed by atoms with E-state index in [0.29, 0.717) is 0 Å². The van der Waals surface area contributed by atoms with E-state index in [1.54, 1.807) is 64.0 Å². The van der Waals surface area contributed by atoms with E-state index in [2.05, 4.69) is 0 Å². The molecule has 32 heavy (non-hydrogen) atoms. The van der Waals surface area contributed by atoms with Gasteiger partial charge >= 0.3 is 0 Å². The number of rotatable bonds is 17. The zero-order valence-electron chi connectivity index (χ0n) is 20.8. The lowest BCUT2D eigenvalue weighted by Crippen LogP contribution is -2.63. The molecule has 0 unspecified atom stereocenters. The van der Waals surface area contributed by atoms with Crippen molar-refractivity contribution in [3.8, 4) is 0 Å². The van der Waals surface area contributed by atoms with E-state index in [9.17, 15) is 0 Å². The van der Waals surface area contributed by atoms with Crippen molar-refractivity contribution in [1.82, 2.24) is 0 Å². The highest BCUT2D eigenvalue weighted by Gasteiger charge is 2.50. The Balaban J connectivity index is 3.30. The van der Waals surface area contributed by atoms with Gasteiger partial charge in [0.2, 0.25) is 0 Å². The van der Waals surface area contributed by atoms with Crippen LogP contribution in [0.4, 0.5) is 0 Å². The van der Waals surface area contributed by atoms with Crippen LogP contribution in [0.15, 0.2) is 0 Å². The SMILES string of the molecule is COC[C@H](OC)[C@@H](OC)[C@@H](O[C@H]1O[C@H](COC)[C@H](OC)[C@H](OC)[C@H]1OC)[C@@H](COC)OC. The molecule has 0 aromatic carbocycles. The van der Waals surface area contributed by atoms with E-state index in [4.69, 9.17) is 52.1 Å². The first-order valence-electron chi connectivity index (χ1n) is 10.5. The second-order valence-electron chi connectivity index (χ2n) is 7.36. The molecule has 1 rings (SSSR count). The summed E-state index contributed by atoms with van der Waals surface area (Å²) in [7, 11) is 14.2. The Morgan fingerprint density at radius 1 is 0.594 bits per heavy atom. The number of hydrogen-bond acceptors (Lipinski definition) is 11. The molecule has 1 heterocycles. The third kappa shape index (κ3) is 7.54. The zero-order chi connectivity index (χ0) is 24.1. The lowest BCUT2D eigenvalue weighted by molar-refractivity contribution is -0.338. The predicted molar refractivity (Wildman–Crippen MR) is 114 cm³/mol. The predicted octanol–water partition coefficient (Wildman–Crippen LogP) is 0.126. The van der Waals surface area contributed by atoms with Crippen LogP contribution in [0.3, 0.4) is 0 Å². The Morgan fingerprint density at radius 2 is 1.12 bits per heavy atom. The minimum Gasteiger partial charge on any atom is -0.382 e. The highest BCUT2D eigenvalue weighted by molar-refractivity contribution is 4.94. The summed E-state index contributed by atoms with van der Waals surface area (Å²) in [6, 6.07) is 0. The molecule has 11 nitrogen and oxygen atoms in total. The maximum absolute atomic E-state index is 6.48. The van der Waals surface area contributed by atoms with Gasteiger partial charge in [-0.1, -0.05) is 0 Å². The summed E-state index contributed by atoms with van der Waals surface area (Å²) in [6.07, 6.45) is -4.93. The first-order valence-corrected chi connectivity index (χ1v) is 10.5. The largest absolute Gasteiger partial charge is 0.382 e. The van der Waals surface area contributed by atoms with Gasteiger partial charge in [-0.05, 0) is 0 Å². The first kappa shape index (κ1) is 29.6. The fraction of sp³-hybridized carbons (Fsp3) is 1.00. The molecule has 0 N–H and O–H groups in total. The third-order valence-corrected chi connectivity index (χ3v) is 5.63.